The van der Waals surface area contributed by atoms with Crippen molar-refractivity contribution in [2.24, 2.45) is 0 Å². The molecule has 6 nitrogen and oxygen atoms in total. The monoisotopic (exact) mass is 251 g/mol. The summed E-state index contributed by atoms with van der Waals surface area (Å²) in [5.41, 5.74) is 0.726. The van der Waals surface area contributed by atoms with Gasteiger partial charge in [-0.15, -0.1) is 0 Å². The highest BCUT2D eigenvalue weighted by Gasteiger charge is 2.16. The molecule has 1 fully saturated rings. The van der Waals surface area contributed by atoms with Gasteiger partial charge in [0.05, 0.1) is 13.2 Å². The Balaban J connectivity index is 1.74. The normalized spacial score (nSPS) is 19.4. The predicted molar refractivity (Wildman–Crippen MR) is 66.1 cm³/mol. The summed E-state index contributed by atoms with van der Waals surface area (Å²) in [6, 6.07) is 3.23. The second kappa shape index (κ2) is 6.32. The first-order valence-corrected chi connectivity index (χ1v) is 5.99. The molecule has 0 aliphatic carbocycles. The predicted octanol–water partition coefficient (Wildman–Crippen LogP) is -0.630. The SMILES string of the molecule is O=C(CC1COCCN1)NCc1ccc(=O)[nH]c1. The molecule has 0 saturated carbocycles. The Labute approximate surface area is 105 Å². The number of aromatic nitrogens is 1. The molecule has 1 aliphatic rings. The van der Waals surface area contributed by atoms with Crippen molar-refractivity contribution >= 4 is 5.91 Å². The largest absolute Gasteiger partial charge is 0.378 e. The number of nitrogens with one attached hydrogen (secondary N) is 3. The van der Waals surface area contributed by atoms with E-state index in [2.05, 4.69) is 15.6 Å². The van der Waals surface area contributed by atoms with Gasteiger partial charge in [0.2, 0.25) is 11.5 Å². The van der Waals surface area contributed by atoms with Gasteiger partial charge in [-0.05, 0) is 5.56 Å². The summed E-state index contributed by atoms with van der Waals surface area (Å²) in [5, 5.41) is 6.03. The number of amides is 1. The maximum Gasteiger partial charge on any atom is 0.247 e. The summed E-state index contributed by atoms with van der Waals surface area (Å²) in [6.45, 7) is 2.49. The average molecular weight is 251 g/mol. The van der Waals surface area contributed by atoms with E-state index in [0.717, 1.165) is 12.1 Å². The Bertz CT molecular complexity index is 432. The maximum atomic E-state index is 11.7. The summed E-state index contributed by atoms with van der Waals surface area (Å²) >= 11 is 0. The molecule has 1 unspecified atom stereocenters. The average Bonchev–Trinajstić information content (AvgIpc) is 2.39. The lowest BCUT2D eigenvalue weighted by Crippen LogP contribution is -2.44. The quantitative estimate of drug-likeness (QED) is 0.665. The van der Waals surface area contributed by atoms with Gasteiger partial charge in [0.25, 0.3) is 0 Å². The molecule has 1 aromatic rings. The van der Waals surface area contributed by atoms with Crippen LogP contribution in [0.1, 0.15) is 12.0 Å². The standard InChI is InChI=1S/C12H17N3O3/c16-11-2-1-9(6-14-11)7-15-12(17)5-10-8-18-4-3-13-10/h1-2,6,10,13H,3-5,7-8H2,(H,14,16)(H,15,17). The van der Waals surface area contributed by atoms with Crippen LogP contribution in [-0.4, -0.2) is 36.7 Å². The van der Waals surface area contributed by atoms with E-state index >= 15 is 0 Å². The fraction of sp³-hybridized carbons (Fsp3) is 0.500. The van der Waals surface area contributed by atoms with E-state index in [4.69, 9.17) is 4.74 Å². The number of hydrogen-bond donors (Lipinski definition) is 3. The highest BCUT2D eigenvalue weighted by molar-refractivity contribution is 5.76. The van der Waals surface area contributed by atoms with Crippen molar-refractivity contribution in [2.75, 3.05) is 19.8 Å². The number of carbonyl (C=O) groups is 1. The van der Waals surface area contributed by atoms with Gasteiger partial charge >= 0.3 is 0 Å². The van der Waals surface area contributed by atoms with Crippen molar-refractivity contribution in [3.63, 3.8) is 0 Å². The Morgan fingerprint density at radius 1 is 1.50 bits per heavy atom. The molecule has 2 rings (SSSR count). The topological polar surface area (TPSA) is 83.2 Å². The van der Waals surface area contributed by atoms with Gasteiger partial charge in [0.1, 0.15) is 0 Å². The van der Waals surface area contributed by atoms with E-state index in [1.165, 1.54) is 6.07 Å². The minimum Gasteiger partial charge on any atom is -0.378 e. The molecular formula is C12H17N3O3. The number of morpholine rings is 1. The molecule has 98 valence electrons. The fourth-order valence-corrected chi connectivity index (χ4v) is 1.80. The summed E-state index contributed by atoms with van der Waals surface area (Å²) < 4.78 is 5.28. The van der Waals surface area contributed by atoms with E-state index in [9.17, 15) is 9.59 Å². The first-order valence-electron chi connectivity index (χ1n) is 5.99. The maximum absolute atomic E-state index is 11.7. The molecule has 1 aliphatic heterocycles. The van der Waals surface area contributed by atoms with Crippen molar-refractivity contribution in [3.05, 3.63) is 34.2 Å². The first kappa shape index (κ1) is 12.8. The Morgan fingerprint density at radius 2 is 2.39 bits per heavy atom. The summed E-state index contributed by atoms with van der Waals surface area (Å²) in [5.74, 6) is -0.0239. The van der Waals surface area contributed by atoms with Gasteiger partial charge in [0.15, 0.2) is 0 Å². The Morgan fingerprint density at radius 3 is 3.06 bits per heavy atom. The lowest BCUT2D eigenvalue weighted by atomic mass is 10.2. The summed E-state index contributed by atoms with van der Waals surface area (Å²) in [7, 11) is 0. The van der Waals surface area contributed by atoms with Crippen molar-refractivity contribution in [1.82, 2.24) is 15.6 Å². The van der Waals surface area contributed by atoms with Crippen LogP contribution in [0.4, 0.5) is 0 Å². The number of H-pyrrole nitrogens is 1. The zero-order valence-corrected chi connectivity index (χ0v) is 10.1. The fourth-order valence-electron chi connectivity index (χ4n) is 1.80. The second-order valence-corrected chi connectivity index (χ2v) is 4.27. The van der Waals surface area contributed by atoms with Gasteiger partial charge in [-0.1, -0.05) is 6.07 Å². The van der Waals surface area contributed by atoms with Crippen LogP contribution < -0.4 is 16.2 Å². The molecule has 18 heavy (non-hydrogen) atoms. The smallest absolute Gasteiger partial charge is 0.247 e. The third kappa shape index (κ3) is 3.97. The zero-order valence-electron chi connectivity index (χ0n) is 10.1. The molecule has 3 N–H and O–H groups in total. The molecule has 2 heterocycles. The molecule has 1 saturated heterocycles. The number of carbonyl (C=O) groups excluding carboxylic acids is 1. The van der Waals surface area contributed by atoms with Crippen molar-refractivity contribution in [1.29, 1.82) is 0 Å². The lowest BCUT2D eigenvalue weighted by Gasteiger charge is -2.23. The van der Waals surface area contributed by atoms with E-state index in [0.29, 0.717) is 26.2 Å². The van der Waals surface area contributed by atoms with Crippen molar-refractivity contribution in [3.8, 4) is 0 Å². The Kier molecular flexibility index (Phi) is 4.49. The number of ether oxygens (including phenoxy) is 1. The third-order valence-corrected chi connectivity index (χ3v) is 2.77. The van der Waals surface area contributed by atoms with E-state index in [1.54, 1.807) is 12.3 Å². The second-order valence-electron chi connectivity index (χ2n) is 4.27. The van der Waals surface area contributed by atoms with Crippen LogP contribution in [-0.2, 0) is 16.1 Å². The highest BCUT2D eigenvalue weighted by atomic mass is 16.5. The molecule has 0 radical (unpaired) electrons. The van der Waals surface area contributed by atoms with Crippen LogP contribution in [0.3, 0.4) is 0 Å². The number of pyridine rings is 1. The molecule has 1 aromatic heterocycles. The highest BCUT2D eigenvalue weighted by Crippen LogP contribution is 1.99. The van der Waals surface area contributed by atoms with Crippen LogP contribution in [0.25, 0.3) is 0 Å². The molecule has 0 bridgehead atoms. The number of aromatic amines is 1. The molecule has 6 heteroatoms. The van der Waals surface area contributed by atoms with Gasteiger partial charge in [-0.2, -0.15) is 0 Å². The van der Waals surface area contributed by atoms with Crippen LogP contribution in [0, 0.1) is 0 Å². The van der Waals surface area contributed by atoms with Crippen LogP contribution in [0.2, 0.25) is 0 Å². The number of rotatable bonds is 4. The number of hydrogen-bond acceptors (Lipinski definition) is 4. The molecule has 1 atom stereocenters. The minimum atomic E-state index is -0.145. The van der Waals surface area contributed by atoms with Gasteiger partial charge in [0, 0.05) is 37.8 Å². The van der Waals surface area contributed by atoms with Crippen LogP contribution >= 0.6 is 0 Å². The van der Waals surface area contributed by atoms with Crippen molar-refractivity contribution in [2.45, 2.75) is 19.0 Å². The van der Waals surface area contributed by atoms with Gasteiger partial charge in [-0.3, -0.25) is 9.59 Å². The summed E-state index contributed by atoms with van der Waals surface area (Å²) in [4.78, 5) is 25.1. The van der Waals surface area contributed by atoms with Gasteiger partial charge < -0.3 is 20.4 Å². The van der Waals surface area contributed by atoms with E-state index in [-0.39, 0.29) is 17.5 Å². The molecule has 1 amide bonds. The van der Waals surface area contributed by atoms with Crippen LogP contribution in [0.5, 0.6) is 0 Å². The zero-order chi connectivity index (χ0) is 12.8. The molecular weight excluding hydrogens is 234 g/mol. The summed E-state index contributed by atoms with van der Waals surface area (Å²) in [6.07, 6.45) is 2.01. The third-order valence-electron chi connectivity index (χ3n) is 2.77. The van der Waals surface area contributed by atoms with Crippen LogP contribution in [0.15, 0.2) is 23.1 Å². The lowest BCUT2D eigenvalue weighted by molar-refractivity contribution is -0.122. The molecule has 0 aromatic carbocycles. The van der Waals surface area contributed by atoms with E-state index in [1.807, 2.05) is 0 Å². The van der Waals surface area contributed by atoms with E-state index < -0.39 is 0 Å². The van der Waals surface area contributed by atoms with Crippen molar-refractivity contribution < 1.29 is 9.53 Å². The molecule has 0 spiro atoms. The Hall–Kier alpha value is -1.66. The van der Waals surface area contributed by atoms with Gasteiger partial charge in [-0.25, -0.2) is 0 Å². The minimum absolute atomic E-state index is 0.0239. The first-order chi connectivity index (χ1) is 8.74.